The van der Waals surface area contributed by atoms with Gasteiger partial charge in [-0.2, -0.15) is 8.42 Å². The van der Waals surface area contributed by atoms with Crippen molar-refractivity contribution in [3.05, 3.63) is 42.1 Å². The molecule has 1 fully saturated rings. The average molecular weight is 420 g/mol. The molecule has 1 saturated carbocycles. The molecule has 2 amide bonds. The zero-order chi connectivity index (χ0) is 21.0. The van der Waals surface area contributed by atoms with Gasteiger partial charge in [0.15, 0.2) is 17.4 Å². The van der Waals surface area contributed by atoms with E-state index in [9.17, 15) is 18.0 Å². The van der Waals surface area contributed by atoms with Crippen molar-refractivity contribution in [1.82, 2.24) is 9.71 Å². The third kappa shape index (κ3) is 4.93. The second-order valence-electron chi connectivity index (χ2n) is 6.24. The molecule has 1 aromatic carbocycles. The molecule has 11 heteroatoms. The predicted octanol–water partition coefficient (Wildman–Crippen LogP) is 2.17. The fourth-order valence-corrected chi connectivity index (χ4v) is 3.47. The molecule has 1 aromatic heterocycles. The van der Waals surface area contributed by atoms with E-state index in [-0.39, 0.29) is 34.5 Å². The minimum atomic E-state index is -4.31. The fraction of sp³-hybridized carbons (Fsp3) is 0.278. The molecule has 29 heavy (non-hydrogen) atoms. The number of pyridine rings is 1. The van der Waals surface area contributed by atoms with Gasteiger partial charge in [-0.25, -0.2) is 14.5 Å². The first kappa shape index (κ1) is 20.4. The van der Waals surface area contributed by atoms with Gasteiger partial charge in [0.05, 0.1) is 19.9 Å². The summed E-state index contributed by atoms with van der Waals surface area (Å²) >= 11 is 0. The van der Waals surface area contributed by atoms with Gasteiger partial charge in [-0.1, -0.05) is 12.1 Å². The molecule has 3 N–H and O–H groups in total. The normalized spacial score (nSPS) is 13.3. The van der Waals surface area contributed by atoms with Crippen LogP contribution in [0.2, 0.25) is 0 Å². The average Bonchev–Trinajstić information content (AvgIpc) is 3.52. The van der Waals surface area contributed by atoms with E-state index in [0.717, 1.165) is 12.8 Å². The van der Waals surface area contributed by atoms with Crippen LogP contribution in [-0.2, 0) is 10.2 Å². The van der Waals surface area contributed by atoms with Gasteiger partial charge in [-0.15, -0.1) is 0 Å². The van der Waals surface area contributed by atoms with E-state index in [0.29, 0.717) is 5.75 Å². The zero-order valence-corrected chi connectivity index (χ0v) is 16.6. The molecule has 0 spiro atoms. The molecule has 0 radical (unpaired) electrons. The Kier molecular flexibility index (Phi) is 5.87. The third-order valence-corrected chi connectivity index (χ3v) is 5.08. The summed E-state index contributed by atoms with van der Waals surface area (Å²) in [5.74, 6) is 0.215. The Morgan fingerprint density at radius 3 is 2.48 bits per heavy atom. The number of carbonyl (C=O) groups is 2. The van der Waals surface area contributed by atoms with Crippen molar-refractivity contribution in [3.63, 3.8) is 0 Å². The van der Waals surface area contributed by atoms with Crippen molar-refractivity contribution in [2.75, 3.05) is 24.3 Å². The van der Waals surface area contributed by atoms with Crippen LogP contribution in [0.25, 0.3) is 0 Å². The highest BCUT2D eigenvalue weighted by Crippen LogP contribution is 2.35. The molecule has 154 valence electrons. The summed E-state index contributed by atoms with van der Waals surface area (Å²) in [7, 11) is -1.55. The molecule has 1 aliphatic carbocycles. The van der Waals surface area contributed by atoms with E-state index in [1.54, 1.807) is 18.2 Å². The highest BCUT2D eigenvalue weighted by Gasteiger charge is 2.32. The molecule has 0 atom stereocenters. The van der Waals surface area contributed by atoms with Gasteiger partial charge < -0.3 is 9.47 Å². The Bertz CT molecular complexity index is 1040. The monoisotopic (exact) mass is 420 g/mol. The number of ether oxygens (including phenoxy) is 2. The second-order valence-corrected chi connectivity index (χ2v) is 7.66. The standard InChI is InChI=1S/C18H20N4O6S/c1-27-14-9-10-19-17(16(14)28-2)20-18(24)22-29(25,26)21-13-6-4-3-5-12(13)15(23)11-7-8-11/h3-6,9-11,21H,7-8H2,1-2H3,(H2,19,20,22,24). The highest BCUT2D eigenvalue weighted by molar-refractivity contribution is 7.91. The lowest BCUT2D eigenvalue weighted by atomic mass is 10.1. The van der Waals surface area contributed by atoms with Gasteiger partial charge >= 0.3 is 16.2 Å². The first-order valence-electron chi connectivity index (χ1n) is 8.66. The van der Waals surface area contributed by atoms with Crippen LogP contribution < -0.4 is 24.2 Å². The summed E-state index contributed by atoms with van der Waals surface area (Å²) in [5, 5.41) is 2.29. The van der Waals surface area contributed by atoms with Crippen LogP contribution in [-0.4, -0.2) is 39.4 Å². The SMILES string of the molecule is COc1ccnc(NC(=O)NS(=O)(=O)Nc2ccccc2C(=O)C2CC2)c1OC. The number of methoxy groups -OCH3 is 2. The van der Waals surface area contributed by atoms with Crippen LogP contribution in [0.3, 0.4) is 0 Å². The van der Waals surface area contributed by atoms with Gasteiger partial charge in [-0.3, -0.25) is 14.8 Å². The molecule has 1 heterocycles. The van der Waals surface area contributed by atoms with Gasteiger partial charge in [-0.05, 0) is 25.0 Å². The number of para-hydroxylation sites is 1. The highest BCUT2D eigenvalue weighted by atomic mass is 32.2. The van der Waals surface area contributed by atoms with E-state index in [2.05, 4.69) is 15.0 Å². The van der Waals surface area contributed by atoms with Crippen LogP contribution in [0.5, 0.6) is 11.5 Å². The van der Waals surface area contributed by atoms with Crippen LogP contribution in [0, 0.1) is 5.92 Å². The van der Waals surface area contributed by atoms with E-state index < -0.39 is 16.2 Å². The molecular formula is C18H20N4O6S. The summed E-state index contributed by atoms with van der Waals surface area (Å²) in [5.41, 5.74) is 0.360. The van der Waals surface area contributed by atoms with Crippen LogP contribution >= 0.6 is 0 Å². The number of nitrogens with zero attached hydrogens (tertiary/aromatic N) is 1. The third-order valence-electron chi connectivity index (χ3n) is 4.14. The number of urea groups is 1. The summed E-state index contributed by atoms with van der Waals surface area (Å²) < 4.78 is 39.0. The number of ketones is 1. The van der Waals surface area contributed by atoms with Crippen molar-refractivity contribution in [3.8, 4) is 11.5 Å². The molecule has 0 unspecified atom stereocenters. The quantitative estimate of drug-likeness (QED) is 0.557. The molecule has 2 aromatic rings. The molecule has 0 saturated heterocycles. The number of anilines is 2. The predicted molar refractivity (Wildman–Crippen MR) is 106 cm³/mol. The molecule has 1 aliphatic rings. The molecule has 3 rings (SSSR count). The molecule has 10 nitrogen and oxygen atoms in total. The van der Waals surface area contributed by atoms with E-state index in [1.165, 1.54) is 32.5 Å². The Morgan fingerprint density at radius 1 is 1.10 bits per heavy atom. The van der Waals surface area contributed by atoms with Crippen molar-refractivity contribution >= 4 is 33.5 Å². The maximum absolute atomic E-state index is 12.4. The number of amides is 2. The van der Waals surface area contributed by atoms with Crippen molar-refractivity contribution in [2.45, 2.75) is 12.8 Å². The van der Waals surface area contributed by atoms with Gasteiger partial charge in [0.25, 0.3) is 0 Å². The van der Waals surface area contributed by atoms with Gasteiger partial charge in [0.1, 0.15) is 0 Å². The maximum atomic E-state index is 12.4. The summed E-state index contributed by atoms with van der Waals surface area (Å²) in [4.78, 5) is 28.5. The Labute approximate surface area is 167 Å². The number of hydrogen-bond donors (Lipinski definition) is 3. The van der Waals surface area contributed by atoms with Crippen LogP contribution in [0.4, 0.5) is 16.3 Å². The minimum absolute atomic E-state index is 0.0242. The minimum Gasteiger partial charge on any atom is -0.493 e. The van der Waals surface area contributed by atoms with Crippen molar-refractivity contribution in [1.29, 1.82) is 0 Å². The lowest BCUT2D eigenvalue weighted by molar-refractivity contribution is 0.0968. The molecule has 0 bridgehead atoms. The van der Waals surface area contributed by atoms with Crippen LogP contribution in [0.1, 0.15) is 23.2 Å². The summed E-state index contributed by atoms with van der Waals surface area (Å²) in [6.45, 7) is 0. The Balaban J connectivity index is 1.72. The lowest BCUT2D eigenvalue weighted by Crippen LogP contribution is -2.38. The van der Waals surface area contributed by atoms with Crippen LogP contribution in [0.15, 0.2) is 36.5 Å². The topological polar surface area (TPSA) is 136 Å². The number of benzene rings is 1. The first-order chi connectivity index (χ1) is 13.8. The fourth-order valence-electron chi connectivity index (χ4n) is 2.66. The smallest absolute Gasteiger partial charge is 0.335 e. The first-order valence-corrected chi connectivity index (χ1v) is 10.1. The largest absolute Gasteiger partial charge is 0.493 e. The number of aromatic nitrogens is 1. The van der Waals surface area contributed by atoms with E-state index in [1.807, 2.05) is 4.72 Å². The second kappa shape index (κ2) is 8.35. The van der Waals surface area contributed by atoms with Gasteiger partial charge in [0, 0.05) is 23.7 Å². The summed E-state index contributed by atoms with van der Waals surface area (Å²) in [6.07, 6.45) is 2.94. The lowest BCUT2D eigenvalue weighted by Gasteiger charge is -2.14. The van der Waals surface area contributed by atoms with Crippen molar-refractivity contribution in [2.24, 2.45) is 5.92 Å². The Morgan fingerprint density at radius 2 is 1.83 bits per heavy atom. The number of nitrogens with one attached hydrogen (secondary N) is 3. The summed E-state index contributed by atoms with van der Waals surface area (Å²) in [6, 6.07) is 6.69. The Hall–Kier alpha value is -3.34. The van der Waals surface area contributed by atoms with Crippen molar-refractivity contribution < 1.29 is 27.5 Å². The van der Waals surface area contributed by atoms with E-state index >= 15 is 0 Å². The zero-order valence-electron chi connectivity index (χ0n) is 15.8. The number of Topliss-reactive ketones (excluding diaryl/α,β-unsaturated/α-hetero) is 1. The number of rotatable bonds is 8. The number of carbonyl (C=O) groups excluding carboxylic acids is 2. The maximum Gasteiger partial charge on any atom is 0.335 e. The van der Waals surface area contributed by atoms with E-state index in [4.69, 9.17) is 9.47 Å². The molecular weight excluding hydrogens is 400 g/mol. The number of hydrogen-bond acceptors (Lipinski definition) is 7. The van der Waals surface area contributed by atoms with Gasteiger partial charge in [0.2, 0.25) is 5.75 Å². The molecule has 0 aliphatic heterocycles.